The molecule has 0 aliphatic heterocycles. The molecule has 0 aliphatic carbocycles. The first-order valence-corrected chi connectivity index (χ1v) is 11.8. The van der Waals surface area contributed by atoms with Crippen molar-refractivity contribution in [3.8, 4) is 0 Å². The zero-order valence-electron chi connectivity index (χ0n) is 14.7. The van der Waals surface area contributed by atoms with Crippen molar-refractivity contribution < 1.29 is 13.4 Å². The highest BCUT2D eigenvalue weighted by molar-refractivity contribution is 7.85. The molecule has 0 heterocycles. The summed E-state index contributed by atoms with van der Waals surface area (Å²) in [5.41, 5.74) is 1.13. The first-order valence-electron chi connectivity index (χ1n) is 7.57. The lowest BCUT2D eigenvalue weighted by molar-refractivity contribution is -0.123. The number of ketones is 1. The number of benzene rings is 1. The van der Waals surface area contributed by atoms with Gasteiger partial charge in [-0.15, -0.1) is 0 Å². The number of Topliss-reactive ketones (excluding diaryl/α,β-unsaturated/α-hetero) is 1. The summed E-state index contributed by atoms with van der Waals surface area (Å²) in [6.45, 7) is 14.1. The Labute approximate surface area is 138 Å². The molecule has 22 heavy (non-hydrogen) atoms. The first kappa shape index (κ1) is 19.3. The van der Waals surface area contributed by atoms with Crippen molar-refractivity contribution in [1.29, 1.82) is 0 Å². The summed E-state index contributed by atoms with van der Waals surface area (Å²) in [6.07, 6.45) is -0.594. The highest BCUT2D eigenvalue weighted by Gasteiger charge is 2.40. The van der Waals surface area contributed by atoms with Gasteiger partial charge in [0.25, 0.3) is 0 Å². The van der Waals surface area contributed by atoms with Crippen LogP contribution >= 0.6 is 0 Å². The van der Waals surface area contributed by atoms with Crippen LogP contribution in [-0.4, -0.2) is 30.2 Å². The van der Waals surface area contributed by atoms with E-state index in [1.165, 1.54) is 6.92 Å². The van der Waals surface area contributed by atoms with Gasteiger partial charge in [0.15, 0.2) is 14.1 Å². The maximum absolute atomic E-state index is 12.5. The average molecular weight is 341 g/mol. The Morgan fingerprint density at radius 2 is 1.73 bits per heavy atom. The lowest BCUT2D eigenvalue weighted by Crippen LogP contribution is -2.47. The Morgan fingerprint density at radius 1 is 1.23 bits per heavy atom. The molecule has 2 atom stereocenters. The van der Waals surface area contributed by atoms with Crippen LogP contribution in [0.15, 0.2) is 29.2 Å². The smallest absolute Gasteiger partial charge is 0.193 e. The minimum Gasteiger partial charge on any atom is -0.406 e. The molecule has 124 valence electrons. The van der Waals surface area contributed by atoms with Gasteiger partial charge < -0.3 is 4.43 Å². The highest BCUT2D eigenvalue weighted by Crippen LogP contribution is 2.37. The molecule has 0 fully saturated rings. The Bertz CT molecular complexity index is 544. The summed E-state index contributed by atoms with van der Waals surface area (Å²) >= 11 is 0. The van der Waals surface area contributed by atoms with Gasteiger partial charge in [0, 0.05) is 4.90 Å². The van der Waals surface area contributed by atoms with Crippen LogP contribution in [0.1, 0.15) is 33.3 Å². The summed E-state index contributed by atoms with van der Waals surface area (Å²) in [6, 6.07) is 7.58. The zero-order chi connectivity index (χ0) is 17.1. The summed E-state index contributed by atoms with van der Waals surface area (Å²) in [5, 5.41) is 0.0199. The largest absolute Gasteiger partial charge is 0.406 e. The van der Waals surface area contributed by atoms with Crippen molar-refractivity contribution in [2.45, 2.75) is 63.8 Å². The standard InChI is InChI=1S/C17H28O3SSi/c1-13-8-10-15(11-9-13)21(19)12-16(14(2)18)20-22(6,7)17(3,4)5/h8-11,16H,12H2,1-7H3/t16-,21-/m1/s1. The summed E-state index contributed by atoms with van der Waals surface area (Å²) in [7, 11) is -3.29. The van der Waals surface area contributed by atoms with E-state index in [1.54, 1.807) is 0 Å². The number of hydrogen-bond donors (Lipinski definition) is 0. The zero-order valence-corrected chi connectivity index (χ0v) is 16.5. The maximum atomic E-state index is 12.5. The van der Waals surface area contributed by atoms with E-state index in [4.69, 9.17) is 4.43 Å². The van der Waals surface area contributed by atoms with Gasteiger partial charge in [-0.25, -0.2) is 0 Å². The summed E-state index contributed by atoms with van der Waals surface area (Å²) in [5.74, 6) is 0.176. The van der Waals surface area contributed by atoms with E-state index >= 15 is 0 Å². The SMILES string of the molecule is CC(=O)[C@@H](C[S@@](=O)c1ccc(C)cc1)O[Si](C)(C)C(C)(C)C. The van der Waals surface area contributed by atoms with Crippen molar-refractivity contribution in [2.75, 3.05) is 5.75 Å². The normalized spacial score (nSPS) is 15.4. The van der Waals surface area contributed by atoms with Crippen LogP contribution in [0.4, 0.5) is 0 Å². The number of rotatable bonds is 6. The molecule has 0 unspecified atom stereocenters. The molecule has 5 heteroatoms. The Morgan fingerprint density at radius 3 is 2.14 bits per heavy atom. The molecular weight excluding hydrogens is 312 g/mol. The molecule has 1 rings (SSSR count). The number of carbonyl (C=O) groups excluding carboxylic acids is 1. The molecule has 0 bridgehead atoms. The number of hydrogen-bond acceptors (Lipinski definition) is 3. The van der Waals surface area contributed by atoms with Crippen molar-refractivity contribution in [2.24, 2.45) is 0 Å². The van der Waals surface area contributed by atoms with E-state index in [9.17, 15) is 9.00 Å². The van der Waals surface area contributed by atoms with E-state index < -0.39 is 25.2 Å². The second-order valence-electron chi connectivity index (χ2n) is 7.30. The average Bonchev–Trinajstić information content (AvgIpc) is 2.36. The lowest BCUT2D eigenvalue weighted by Gasteiger charge is -2.38. The Kier molecular flexibility index (Phi) is 6.30. The quantitative estimate of drug-likeness (QED) is 0.733. The van der Waals surface area contributed by atoms with Crippen LogP contribution in [0.25, 0.3) is 0 Å². The third kappa shape index (κ3) is 5.14. The van der Waals surface area contributed by atoms with E-state index in [2.05, 4.69) is 33.9 Å². The molecule has 0 amide bonds. The second-order valence-corrected chi connectivity index (χ2v) is 13.6. The molecule has 0 aromatic heterocycles. The number of carbonyl (C=O) groups is 1. The Hall–Kier alpha value is -0.783. The fraction of sp³-hybridized carbons (Fsp3) is 0.588. The predicted molar refractivity (Wildman–Crippen MR) is 95.2 cm³/mol. The number of aryl methyl sites for hydroxylation is 1. The fourth-order valence-electron chi connectivity index (χ4n) is 1.69. The van der Waals surface area contributed by atoms with Crippen LogP contribution in [0.2, 0.25) is 18.1 Å². The summed E-state index contributed by atoms with van der Waals surface area (Å²) in [4.78, 5) is 12.7. The molecule has 3 nitrogen and oxygen atoms in total. The minimum atomic E-state index is -2.06. The van der Waals surface area contributed by atoms with E-state index in [-0.39, 0.29) is 16.6 Å². The van der Waals surface area contributed by atoms with Gasteiger partial charge in [0.05, 0.1) is 16.6 Å². The molecule has 0 N–H and O–H groups in total. The van der Waals surface area contributed by atoms with Crippen molar-refractivity contribution >= 4 is 24.9 Å². The van der Waals surface area contributed by atoms with Gasteiger partial charge in [-0.3, -0.25) is 9.00 Å². The van der Waals surface area contributed by atoms with Gasteiger partial charge >= 0.3 is 0 Å². The Balaban J connectivity index is 2.87. The second kappa shape index (κ2) is 7.19. The van der Waals surface area contributed by atoms with Gasteiger partial charge in [-0.2, -0.15) is 0 Å². The molecule has 1 aromatic rings. The van der Waals surface area contributed by atoms with Crippen LogP contribution < -0.4 is 0 Å². The highest BCUT2D eigenvalue weighted by atomic mass is 32.2. The van der Waals surface area contributed by atoms with Gasteiger partial charge in [-0.1, -0.05) is 38.5 Å². The molecule has 0 spiro atoms. The van der Waals surface area contributed by atoms with Crippen LogP contribution in [0.5, 0.6) is 0 Å². The first-order chi connectivity index (χ1) is 9.94. The van der Waals surface area contributed by atoms with Crippen LogP contribution in [0, 0.1) is 6.92 Å². The third-order valence-corrected chi connectivity index (χ3v) is 10.2. The maximum Gasteiger partial charge on any atom is 0.193 e. The minimum absolute atomic E-state index is 0.0199. The lowest BCUT2D eigenvalue weighted by atomic mass is 10.2. The molecule has 0 saturated carbocycles. The summed E-state index contributed by atoms with van der Waals surface area (Å²) < 4.78 is 18.7. The van der Waals surface area contributed by atoms with E-state index in [0.29, 0.717) is 0 Å². The predicted octanol–water partition coefficient (Wildman–Crippen LogP) is 4.08. The van der Waals surface area contributed by atoms with E-state index in [1.807, 2.05) is 31.2 Å². The van der Waals surface area contributed by atoms with Gasteiger partial charge in [0.1, 0.15) is 6.10 Å². The molecule has 1 aromatic carbocycles. The van der Waals surface area contributed by atoms with Crippen molar-refractivity contribution in [3.63, 3.8) is 0 Å². The molecule has 0 saturated heterocycles. The third-order valence-electron chi connectivity index (χ3n) is 4.28. The van der Waals surface area contributed by atoms with Gasteiger partial charge in [-0.05, 0) is 44.1 Å². The molecular formula is C17H28O3SSi. The van der Waals surface area contributed by atoms with Crippen molar-refractivity contribution in [1.82, 2.24) is 0 Å². The fourth-order valence-corrected chi connectivity index (χ4v) is 4.34. The monoisotopic (exact) mass is 340 g/mol. The molecule has 0 aliphatic rings. The topological polar surface area (TPSA) is 43.4 Å². The van der Waals surface area contributed by atoms with Gasteiger partial charge in [0.2, 0.25) is 0 Å². The van der Waals surface area contributed by atoms with Crippen LogP contribution in [0.3, 0.4) is 0 Å². The molecule has 0 radical (unpaired) electrons. The van der Waals surface area contributed by atoms with E-state index in [0.717, 1.165) is 10.5 Å². The van der Waals surface area contributed by atoms with Crippen LogP contribution in [-0.2, 0) is 20.0 Å². The van der Waals surface area contributed by atoms with Crippen molar-refractivity contribution in [3.05, 3.63) is 29.8 Å².